The standard InChI is InChI=1S/C12H21N3O4S/c1-9-11(15-3-4-19-6-5-18-2)7-10(13)8-12(9)20(14,16)17/h7-8,15H,3-6,13H2,1-2H3,(H2,14,16,17). The van der Waals surface area contributed by atoms with Crippen LogP contribution in [0, 0.1) is 6.92 Å². The third kappa shape index (κ3) is 4.97. The summed E-state index contributed by atoms with van der Waals surface area (Å²) in [6.07, 6.45) is 0. The highest BCUT2D eigenvalue weighted by atomic mass is 32.2. The lowest BCUT2D eigenvalue weighted by molar-refractivity contribution is 0.0759. The van der Waals surface area contributed by atoms with Gasteiger partial charge in [-0.15, -0.1) is 0 Å². The fraction of sp³-hybridized carbons (Fsp3) is 0.500. The van der Waals surface area contributed by atoms with Gasteiger partial charge in [-0.25, -0.2) is 13.6 Å². The Balaban J connectivity index is 2.69. The first-order valence-electron chi connectivity index (χ1n) is 6.09. The highest BCUT2D eigenvalue weighted by Crippen LogP contribution is 2.25. The van der Waals surface area contributed by atoms with Gasteiger partial charge in [0.05, 0.1) is 24.7 Å². The Kier molecular flexibility index (Phi) is 6.21. The highest BCUT2D eigenvalue weighted by Gasteiger charge is 2.15. The molecule has 114 valence electrons. The smallest absolute Gasteiger partial charge is 0.238 e. The largest absolute Gasteiger partial charge is 0.399 e. The molecule has 0 saturated carbocycles. The molecule has 0 aliphatic rings. The number of ether oxygens (including phenoxy) is 2. The van der Waals surface area contributed by atoms with Crippen molar-refractivity contribution in [3.8, 4) is 0 Å². The van der Waals surface area contributed by atoms with Gasteiger partial charge in [-0.1, -0.05) is 0 Å². The lowest BCUT2D eigenvalue weighted by Gasteiger charge is -2.13. The van der Waals surface area contributed by atoms with E-state index in [0.717, 1.165) is 0 Å². The van der Waals surface area contributed by atoms with Gasteiger partial charge in [0.25, 0.3) is 0 Å². The minimum atomic E-state index is -3.79. The van der Waals surface area contributed by atoms with Crippen molar-refractivity contribution in [2.24, 2.45) is 5.14 Å². The molecule has 0 fully saturated rings. The van der Waals surface area contributed by atoms with E-state index in [1.807, 2.05) is 0 Å². The number of methoxy groups -OCH3 is 1. The van der Waals surface area contributed by atoms with Gasteiger partial charge >= 0.3 is 0 Å². The second-order valence-corrected chi connectivity index (χ2v) is 5.80. The van der Waals surface area contributed by atoms with Crippen molar-refractivity contribution in [2.45, 2.75) is 11.8 Å². The molecular weight excluding hydrogens is 282 g/mol. The van der Waals surface area contributed by atoms with Crippen LogP contribution in [0.1, 0.15) is 5.56 Å². The first kappa shape index (κ1) is 16.7. The summed E-state index contributed by atoms with van der Waals surface area (Å²) in [6, 6.07) is 3.02. The molecule has 0 aliphatic heterocycles. The molecule has 0 bridgehead atoms. The van der Waals surface area contributed by atoms with Crippen molar-refractivity contribution in [3.05, 3.63) is 17.7 Å². The molecule has 0 amide bonds. The van der Waals surface area contributed by atoms with E-state index in [0.29, 0.717) is 43.3 Å². The van der Waals surface area contributed by atoms with Crippen LogP contribution in [0.15, 0.2) is 17.0 Å². The van der Waals surface area contributed by atoms with E-state index in [9.17, 15) is 8.42 Å². The Morgan fingerprint density at radius 3 is 2.55 bits per heavy atom. The van der Waals surface area contributed by atoms with Crippen LogP contribution in [0.4, 0.5) is 11.4 Å². The van der Waals surface area contributed by atoms with Gasteiger partial charge in [0.1, 0.15) is 0 Å². The summed E-state index contributed by atoms with van der Waals surface area (Å²) in [4.78, 5) is 0.0281. The molecule has 1 aromatic carbocycles. The number of nitrogens with two attached hydrogens (primary N) is 2. The zero-order valence-electron chi connectivity index (χ0n) is 11.7. The second kappa shape index (κ2) is 7.44. The number of hydrogen-bond donors (Lipinski definition) is 3. The first-order chi connectivity index (χ1) is 9.36. The average molecular weight is 303 g/mol. The molecule has 0 radical (unpaired) electrons. The van der Waals surface area contributed by atoms with E-state index in [4.69, 9.17) is 20.3 Å². The zero-order valence-corrected chi connectivity index (χ0v) is 12.5. The molecule has 0 unspecified atom stereocenters. The SMILES string of the molecule is COCCOCCNc1cc(N)cc(S(N)(=O)=O)c1C. The zero-order chi connectivity index (χ0) is 15.2. The summed E-state index contributed by atoms with van der Waals surface area (Å²) in [6.45, 7) is 3.72. The predicted molar refractivity (Wildman–Crippen MR) is 78.1 cm³/mol. The Morgan fingerprint density at radius 2 is 1.95 bits per heavy atom. The number of nitrogens with one attached hydrogen (secondary N) is 1. The monoisotopic (exact) mass is 303 g/mol. The maximum Gasteiger partial charge on any atom is 0.238 e. The summed E-state index contributed by atoms with van der Waals surface area (Å²) in [5, 5.41) is 8.23. The molecule has 7 nitrogen and oxygen atoms in total. The van der Waals surface area contributed by atoms with E-state index in [2.05, 4.69) is 5.32 Å². The molecule has 8 heteroatoms. The van der Waals surface area contributed by atoms with Crippen LogP contribution in [-0.2, 0) is 19.5 Å². The van der Waals surface area contributed by atoms with E-state index in [1.54, 1.807) is 20.1 Å². The lowest BCUT2D eigenvalue weighted by Crippen LogP contribution is -2.17. The van der Waals surface area contributed by atoms with Gasteiger partial charge in [0.15, 0.2) is 0 Å². The minimum absolute atomic E-state index is 0.0281. The van der Waals surface area contributed by atoms with Gasteiger partial charge in [0, 0.05) is 25.0 Å². The number of anilines is 2. The number of primary sulfonamides is 1. The number of hydrogen-bond acceptors (Lipinski definition) is 6. The van der Waals surface area contributed by atoms with Crippen molar-refractivity contribution in [1.82, 2.24) is 0 Å². The topological polar surface area (TPSA) is 117 Å². The first-order valence-corrected chi connectivity index (χ1v) is 7.64. The normalized spacial score (nSPS) is 11.6. The molecule has 0 spiro atoms. The Morgan fingerprint density at radius 1 is 1.25 bits per heavy atom. The van der Waals surface area contributed by atoms with E-state index < -0.39 is 10.0 Å². The number of benzene rings is 1. The number of nitrogen functional groups attached to an aromatic ring is 1. The highest BCUT2D eigenvalue weighted by molar-refractivity contribution is 7.89. The van der Waals surface area contributed by atoms with Crippen molar-refractivity contribution in [2.75, 3.05) is 44.5 Å². The fourth-order valence-corrected chi connectivity index (χ4v) is 2.53. The molecule has 0 aliphatic carbocycles. The van der Waals surface area contributed by atoms with E-state index >= 15 is 0 Å². The van der Waals surface area contributed by atoms with E-state index in [-0.39, 0.29) is 4.90 Å². The van der Waals surface area contributed by atoms with Crippen LogP contribution in [0.25, 0.3) is 0 Å². The predicted octanol–water partition coefficient (Wildman–Crippen LogP) is 0.300. The van der Waals surface area contributed by atoms with Crippen molar-refractivity contribution in [1.29, 1.82) is 0 Å². The number of rotatable bonds is 8. The van der Waals surface area contributed by atoms with Crippen LogP contribution in [0.3, 0.4) is 0 Å². The third-order valence-electron chi connectivity index (χ3n) is 2.68. The number of sulfonamides is 1. The van der Waals surface area contributed by atoms with E-state index in [1.165, 1.54) is 6.07 Å². The molecule has 1 rings (SSSR count). The molecule has 1 aromatic rings. The van der Waals surface area contributed by atoms with Crippen molar-refractivity contribution < 1.29 is 17.9 Å². The molecular formula is C12H21N3O4S. The maximum atomic E-state index is 11.5. The molecule has 0 aromatic heterocycles. The van der Waals surface area contributed by atoms with Crippen LogP contribution >= 0.6 is 0 Å². The van der Waals surface area contributed by atoms with Gasteiger partial charge in [-0.3, -0.25) is 0 Å². The average Bonchev–Trinajstić information content (AvgIpc) is 2.35. The fourth-order valence-electron chi connectivity index (χ4n) is 1.69. The van der Waals surface area contributed by atoms with Crippen LogP contribution in [-0.4, -0.2) is 41.9 Å². The quantitative estimate of drug-likeness (QED) is 0.470. The Hall–Kier alpha value is -1.35. The molecule has 0 heterocycles. The van der Waals surface area contributed by atoms with Crippen molar-refractivity contribution in [3.63, 3.8) is 0 Å². The summed E-state index contributed by atoms with van der Waals surface area (Å²) >= 11 is 0. The summed E-state index contributed by atoms with van der Waals surface area (Å²) in [5.74, 6) is 0. The third-order valence-corrected chi connectivity index (χ3v) is 3.72. The Bertz CT molecular complexity index is 546. The second-order valence-electron chi connectivity index (χ2n) is 4.27. The summed E-state index contributed by atoms with van der Waals surface area (Å²) in [7, 11) is -2.19. The molecule has 20 heavy (non-hydrogen) atoms. The van der Waals surface area contributed by atoms with Crippen LogP contribution < -0.4 is 16.2 Å². The minimum Gasteiger partial charge on any atom is -0.399 e. The molecule has 0 saturated heterocycles. The van der Waals surface area contributed by atoms with Gasteiger partial charge < -0.3 is 20.5 Å². The molecule has 0 atom stereocenters. The van der Waals surface area contributed by atoms with Crippen molar-refractivity contribution >= 4 is 21.4 Å². The lowest BCUT2D eigenvalue weighted by atomic mass is 10.2. The van der Waals surface area contributed by atoms with Gasteiger partial charge in [-0.2, -0.15) is 0 Å². The van der Waals surface area contributed by atoms with Gasteiger partial charge in [0.2, 0.25) is 10.0 Å². The molecule has 5 N–H and O–H groups in total. The van der Waals surface area contributed by atoms with Crippen LogP contribution in [0.2, 0.25) is 0 Å². The van der Waals surface area contributed by atoms with Gasteiger partial charge in [-0.05, 0) is 24.6 Å². The summed E-state index contributed by atoms with van der Waals surface area (Å²) < 4.78 is 33.1. The Labute approximate surface area is 119 Å². The summed E-state index contributed by atoms with van der Waals surface area (Å²) in [5.41, 5.74) is 7.19. The van der Waals surface area contributed by atoms with Crippen LogP contribution in [0.5, 0.6) is 0 Å². The maximum absolute atomic E-state index is 11.5.